The van der Waals surface area contributed by atoms with Gasteiger partial charge in [0, 0.05) is 11.6 Å². The summed E-state index contributed by atoms with van der Waals surface area (Å²) in [6.07, 6.45) is 3.58. The second kappa shape index (κ2) is 7.99. The third kappa shape index (κ3) is 3.75. The highest BCUT2D eigenvalue weighted by atomic mass is 16.7. The van der Waals surface area contributed by atoms with Crippen LogP contribution in [0.1, 0.15) is 33.5 Å². The highest BCUT2D eigenvalue weighted by Gasteiger charge is 2.21. The van der Waals surface area contributed by atoms with Crippen molar-refractivity contribution >= 4 is 17.4 Å². The molecule has 0 atom stereocenters. The molecule has 0 aliphatic heterocycles. The molecule has 1 aliphatic rings. The molecule has 0 spiro atoms. The Hall–Kier alpha value is -3.55. The fourth-order valence-corrected chi connectivity index (χ4v) is 3.11. The van der Waals surface area contributed by atoms with Crippen LogP contribution in [0.25, 0.3) is 5.70 Å². The Labute approximate surface area is 161 Å². The van der Waals surface area contributed by atoms with Crippen LogP contribution in [0.15, 0.2) is 36.4 Å². The Morgan fingerprint density at radius 3 is 2.57 bits per heavy atom. The van der Waals surface area contributed by atoms with Gasteiger partial charge in [-0.15, -0.1) is 0 Å². The first-order chi connectivity index (χ1) is 13.4. The first-order valence-electron chi connectivity index (χ1n) is 8.62. The van der Waals surface area contributed by atoms with Crippen molar-refractivity contribution in [3.63, 3.8) is 0 Å². The third-order valence-corrected chi connectivity index (χ3v) is 4.54. The number of methoxy groups -OCH3 is 2. The largest absolute Gasteiger partial charge is 0.496 e. The minimum absolute atomic E-state index is 0.0440. The Morgan fingerprint density at radius 2 is 1.89 bits per heavy atom. The molecule has 0 saturated heterocycles. The van der Waals surface area contributed by atoms with Crippen LogP contribution in [0.4, 0.5) is 5.69 Å². The summed E-state index contributed by atoms with van der Waals surface area (Å²) in [5, 5.41) is 11.1. The van der Waals surface area contributed by atoms with Gasteiger partial charge in [-0.2, -0.15) is 0 Å². The number of hydrogen-bond donors (Lipinski definition) is 1. The Balaban J connectivity index is 1.77. The average Bonchev–Trinajstić information content (AvgIpc) is 2.70. The number of hydroxylamine groups is 1. The number of aryl methyl sites for hydroxylation is 2. The molecule has 0 saturated carbocycles. The monoisotopic (exact) mass is 384 g/mol. The number of ether oxygens (including phenoxy) is 2. The zero-order valence-corrected chi connectivity index (χ0v) is 15.8. The van der Waals surface area contributed by atoms with Gasteiger partial charge in [0.05, 0.1) is 30.4 Å². The van der Waals surface area contributed by atoms with E-state index in [0.717, 1.165) is 41.3 Å². The van der Waals surface area contributed by atoms with E-state index in [1.807, 2.05) is 25.1 Å². The van der Waals surface area contributed by atoms with Crippen LogP contribution >= 0.6 is 0 Å². The number of benzene rings is 2. The maximum Gasteiger partial charge on any atom is 0.363 e. The minimum Gasteiger partial charge on any atom is -0.496 e. The maximum absolute atomic E-state index is 12.3. The first kappa shape index (κ1) is 19.2. The van der Waals surface area contributed by atoms with Crippen LogP contribution in [0.5, 0.6) is 11.5 Å². The lowest BCUT2D eigenvalue weighted by Crippen LogP contribution is -2.21. The summed E-state index contributed by atoms with van der Waals surface area (Å²) in [6.45, 7) is 1.94. The van der Waals surface area contributed by atoms with Crippen LogP contribution in [0.3, 0.4) is 0 Å². The van der Waals surface area contributed by atoms with Gasteiger partial charge in [-0.05, 0) is 55.2 Å². The van der Waals surface area contributed by atoms with Gasteiger partial charge in [0.25, 0.3) is 0 Å². The number of nitrogens with zero attached hydrogens (tertiary/aromatic N) is 1. The molecule has 0 aromatic heterocycles. The van der Waals surface area contributed by atoms with E-state index in [1.165, 1.54) is 19.2 Å². The molecule has 1 N–H and O–H groups in total. The molecule has 28 heavy (non-hydrogen) atoms. The molecule has 8 nitrogen and oxygen atoms in total. The van der Waals surface area contributed by atoms with Gasteiger partial charge < -0.3 is 14.3 Å². The SMILES string of the molecule is COc1cc2c(cc1C)C(NOC(=O)c1ccc(OC)c([N+](=O)[O-])c1)=CCC2. The molecule has 0 fully saturated rings. The highest BCUT2D eigenvalue weighted by molar-refractivity contribution is 5.91. The van der Waals surface area contributed by atoms with Gasteiger partial charge >= 0.3 is 11.7 Å². The van der Waals surface area contributed by atoms with Gasteiger partial charge in [0.2, 0.25) is 0 Å². The lowest BCUT2D eigenvalue weighted by Gasteiger charge is -2.20. The molecule has 2 aromatic rings. The molecule has 0 heterocycles. The Kier molecular flexibility index (Phi) is 5.49. The predicted octanol–water partition coefficient (Wildman–Crippen LogP) is 3.57. The summed E-state index contributed by atoms with van der Waals surface area (Å²) in [4.78, 5) is 28.0. The van der Waals surface area contributed by atoms with Crippen molar-refractivity contribution < 1.29 is 24.0 Å². The minimum atomic E-state index is -0.732. The number of carbonyl (C=O) groups is 1. The number of allylic oxidation sites excluding steroid dienone is 1. The number of fused-ring (bicyclic) bond motifs is 1. The first-order valence-corrected chi connectivity index (χ1v) is 8.62. The van der Waals surface area contributed by atoms with Crippen LogP contribution in [-0.4, -0.2) is 25.1 Å². The number of rotatable bonds is 6. The number of nitro benzene ring substituents is 1. The summed E-state index contributed by atoms with van der Waals surface area (Å²) in [6, 6.07) is 7.85. The van der Waals surface area contributed by atoms with E-state index in [9.17, 15) is 14.9 Å². The van der Waals surface area contributed by atoms with Gasteiger partial charge in [0.15, 0.2) is 5.75 Å². The molecule has 0 amide bonds. The number of carbonyl (C=O) groups excluding carboxylic acids is 1. The van der Waals surface area contributed by atoms with Crippen molar-refractivity contribution in [3.8, 4) is 11.5 Å². The van der Waals surface area contributed by atoms with Crippen LogP contribution in [-0.2, 0) is 11.3 Å². The van der Waals surface area contributed by atoms with Crippen LogP contribution in [0.2, 0.25) is 0 Å². The summed E-state index contributed by atoms with van der Waals surface area (Å²) < 4.78 is 10.3. The van der Waals surface area contributed by atoms with Crippen molar-refractivity contribution in [1.29, 1.82) is 0 Å². The smallest absolute Gasteiger partial charge is 0.363 e. The zero-order valence-electron chi connectivity index (χ0n) is 15.8. The van der Waals surface area contributed by atoms with Crippen molar-refractivity contribution in [2.45, 2.75) is 19.8 Å². The lowest BCUT2D eigenvalue weighted by molar-refractivity contribution is -0.385. The third-order valence-electron chi connectivity index (χ3n) is 4.54. The topological polar surface area (TPSA) is 99.9 Å². The van der Waals surface area contributed by atoms with Crippen LogP contribution < -0.4 is 15.0 Å². The standard InChI is InChI=1S/C20H20N2O6/c1-12-9-15-13(11-19(12)27-3)5-4-6-16(15)21-28-20(23)14-7-8-18(26-2)17(10-14)22(24)25/h6-11,21H,4-5H2,1-3H3. The Morgan fingerprint density at radius 1 is 1.14 bits per heavy atom. The second-order valence-electron chi connectivity index (χ2n) is 6.27. The summed E-state index contributed by atoms with van der Waals surface area (Å²) in [5.74, 6) is 0.148. The highest BCUT2D eigenvalue weighted by Crippen LogP contribution is 2.31. The fraction of sp³-hybridized carbons (Fsp3) is 0.250. The summed E-state index contributed by atoms with van der Waals surface area (Å²) in [7, 11) is 2.95. The number of hydrogen-bond acceptors (Lipinski definition) is 7. The number of nitrogens with one attached hydrogen (secondary N) is 1. The van der Waals surface area contributed by atoms with Crippen molar-refractivity contribution in [1.82, 2.24) is 5.48 Å². The van der Waals surface area contributed by atoms with E-state index < -0.39 is 10.9 Å². The Bertz CT molecular complexity index is 967. The average molecular weight is 384 g/mol. The number of nitro groups is 1. The fourth-order valence-electron chi connectivity index (χ4n) is 3.11. The van der Waals surface area contributed by atoms with Crippen molar-refractivity contribution in [3.05, 3.63) is 68.8 Å². The quantitative estimate of drug-likeness (QED) is 0.600. The van der Waals surface area contributed by atoms with Gasteiger partial charge in [-0.1, -0.05) is 6.08 Å². The lowest BCUT2D eigenvalue weighted by atomic mass is 9.93. The second-order valence-corrected chi connectivity index (χ2v) is 6.27. The van der Waals surface area contributed by atoms with E-state index in [4.69, 9.17) is 14.3 Å². The van der Waals surface area contributed by atoms with Crippen molar-refractivity contribution in [2.24, 2.45) is 0 Å². The molecule has 2 aromatic carbocycles. The molecule has 0 radical (unpaired) electrons. The normalized spacial score (nSPS) is 12.5. The van der Waals surface area contributed by atoms with E-state index in [-0.39, 0.29) is 17.0 Å². The molecule has 8 heteroatoms. The molecule has 146 valence electrons. The molecule has 3 rings (SSSR count). The van der Waals surface area contributed by atoms with Gasteiger partial charge in [-0.3, -0.25) is 10.1 Å². The van der Waals surface area contributed by atoms with E-state index in [2.05, 4.69) is 5.48 Å². The summed E-state index contributed by atoms with van der Waals surface area (Å²) >= 11 is 0. The molecule has 0 unspecified atom stereocenters. The van der Waals surface area contributed by atoms with Crippen LogP contribution in [0, 0.1) is 17.0 Å². The van der Waals surface area contributed by atoms with Gasteiger partial charge in [-0.25, -0.2) is 10.3 Å². The maximum atomic E-state index is 12.3. The summed E-state index contributed by atoms with van der Waals surface area (Å²) in [5.41, 5.74) is 6.08. The predicted molar refractivity (Wildman–Crippen MR) is 102 cm³/mol. The van der Waals surface area contributed by atoms with Gasteiger partial charge in [0.1, 0.15) is 5.75 Å². The van der Waals surface area contributed by atoms with E-state index in [0.29, 0.717) is 5.70 Å². The van der Waals surface area contributed by atoms with E-state index in [1.54, 1.807) is 7.11 Å². The molecule has 1 aliphatic carbocycles. The molecule has 0 bridgehead atoms. The van der Waals surface area contributed by atoms with Crippen molar-refractivity contribution in [2.75, 3.05) is 14.2 Å². The zero-order chi connectivity index (χ0) is 20.3. The van der Waals surface area contributed by atoms with E-state index >= 15 is 0 Å². The molecular weight excluding hydrogens is 364 g/mol. The molecular formula is C20H20N2O6.